The molecule has 1 aromatic heterocycles. The van der Waals surface area contributed by atoms with E-state index in [1.165, 1.54) is 16.7 Å². The van der Waals surface area contributed by atoms with E-state index in [4.69, 9.17) is 0 Å². The lowest BCUT2D eigenvalue weighted by Crippen LogP contribution is -3.00. The fraction of sp³-hybridized carbons (Fsp3) is 0.353. The molecular weight excluding hydrogens is 502 g/mol. The van der Waals surface area contributed by atoms with Gasteiger partial charge in [-0.3, -0.25) is 4.79 Å². The van der Waals surface area contributed by atoms with Crippen LogP contribution in [0.15, 0.2) is 97.6 Å². The highest BCUT2D eigenvalue weighted by Crippen LogP contribution is 2.30. The maximum Gasteiger partial charge on any atom is 0.266 e. The average Bonchev–Trinajstić information content (AvgIpc) is 3.34. The lowest BCUT2D eigenvalue weighted by atomic mass is 9.79. The molecule has 1 N–H and O–H groups in total. The molecule has 1 atom stereocenters. The third-order valence-electron chi connectivity index (χ3n) is 7.05. The van der Waals surface area contributed by atoms with E-state index in [9.17, 15) is 4.79 Å². The second kappa shape index (κ2) is 12.7. The molecule has 0 bridgehead atoms. The first kappa shape index (κ1) is 30.2. The second-order valence-corrected chi connectivity index (χ2v) is 12.4. The fourth-order valence-corrected chi connectivity index (χ4v) is 4.62. The minimum Gasteiger partial charge on any atom is -1.00 e. The topological polar surface area (TPSA) is 37.9 Å². The first-order valence-electron chi connectivity index (χ1n) is 13.6. The van der Waals surface area contributed by atoms with Gasteiger partial charge in [0.1, 0.15) is 18.9 Å². The number of imidazole rings is 1. The van der Waals surface area contributed by atoms with Gasteiger partial charge in [-0.25, -0.2) is 9.13 Å². The molecule has 4 aromatic rings. The summed E-state index contributed by atoms with van der Waals surface area (Å²) in [7, 11) is 0. The number of amides is 1. The van der Waals surface area contributed by atoms with Crippen molar-refractivity contribution >= 4 is 5.91 Å². The number of hydrogen-bond donors (Lipinski definition) is 1. The first-order valence-corrected chi connectivity index (χ1v) is 13.6. The normalized spacial score (nSPS) is 12.5. The Kier molecular flexibility index (Phi) is 9.79. The summed E-state index contributed by atoms with van der Waals surface area (Å²) < 4.78 is 4.17. The van der Waals surface area contributed by atoms with Gasteiger partial charge in [-0.05, 0) is 38.6 Å². The molecule has 0 aliphatic carbocycles. The van der Waals surface area contributed by atoms with Crippen molar-refractivity contribution in [1.29, 1.82) is 0 Å². The Balaban J connectivity index is 0.00000420. The zero-order valence-electron chi connectivity index (χ0n) is 24.1. The van der Waals surface area contributed by atoms with Gasteiger partial charge in [0.2, 0.25) is 6.33 Å². The Bertz CT molecular complexity index is 1320. The van der Waals surface area contributed by atoms with Gasteiger partial charge in [0.05, 0.1) is 0 Å². The summed E-state index contributed by atoms with van der Waals surface area (Å²) in [4.78, 5) is 13.7. The van der Waals surface area contributed by atoms with Gasteiger partial charge < -0.3 is 17.7 Å². The van der Waals surface area contributed by atoms with Crippen LogP contribution in [0.1, 0.15) is 75.4 Å². The van der Waals surface area contributed by atoms with Crippen molar-refractivity contribution < 1.29 is 21.8 Å². The third kappa shape index (κ3) is 8.31. The van der Waals surface area contributed by atoms with Crippen LogP contribution in [0.5, 0.6) is 0 Å². The number of nitrogens with one attached hydrogen (secondary N) is 1. The van der Waals surface area contributed by atoms with Crippen LogP contribution in [-0.4, -0.2) is 10.5 Å². The van der Waals surface area contributed by atoms with Crippen LogP contribution in [0.25, 0.3) is 0 Å². The molecular formula is C34H42ClN3O. The van der Waals surface area contributed by atoms with E-state index in [-0.39, 0.29) is 35.2 Å². The molecule has 206 valence electrons. The largest absolute Gasteiger partial charge is 1.00 e. The molecule has 0 radical (unpaired) electrons. The quantitative estimate of drug-likeness (QED) is 0.339. The predicted molar refractivity (Wildman–Crippen MR) is 155 cm³/mol. The summed E-state index contributed by atoms with van der Waals surface area (Å²) in [6.07, 6.45) is 6.72. The Morgan fingerprint density at radius 1 is 0.795 bits per heavy atom. The minimum atomic E-state index is -0.345. The summed E-state index contributed by atoms with van der Waals surface area (Å²) in [5.74, 6) is 0.0229. The molecule has 1 heterocycles. The SMILES string of the molecule is CC(C)(C)c1cc(CNC(=O)[C@H](Cc2ccccc2)n2cc[n+](Cc3ccccc3)c2)cc(C(C)(C)C)c1.[Cl-]. The molecule has 4 nitrogen and oxygen atoms in total. The van der Waals surface area contributed by atoms with Crippen LogP contribution in [0.3, 0.4) is 0 Å². The standard InChI is InChI=1S/C34H41N3O.ClH/c1-33(2,3)29-19-28(20-30(22-29)34(4,5)6)23-35-32(38)31(21-26-13-9-7-10-14-26)37-18-17-36(25-37)24-27-15-11-8-12-16-27;/h7-20,22,25,31H,21,23-24H2,1-6H3;1H/t31-;/m0./s1. The second-order valence-electron chi connectivity index (χ2n) is 12.4. The molecule has 39 heavy (non-hydrogen) atoms. The van der Waals surface area contributed by atoms with Crippen LogP contribution in [0.4, 0.5) is 0 Å². The molecule has 0 spiro atoms. The van der Waals surface area contributed by atoms with Gasteiger partial charge in [-0.15, -0.1) is 0 Å². The molecule has 0 saturated heterocycles. The number of hydrogen-bond acceptors (Lipinski definition) is 1. The van der Waals surface area contributed by atoms with Crippen LogP contribution in [0, 0.1) is 0 Å². The van der Waals surface area contributed by atoms with E-state index in [0.717, 1.165) is 17.7 Å². The molecule has 0 saturated carbocycles. The highest BCUT2D eigenvalue weighted by molar-refractivity contribution is 5.80. The van der Waals surface area contributed by atoms with Crippen LogP contribution < -0.4 is 22.3 Å². The van der Waals surface area contributed by atoms with Crippen molar-refractivity contribution in [3.8, 4) is 0 Å². The monoisotopic (exact) mass is 543 g/mol. The number of nitrogens with zero attached hydrogens (tertiary/aromatic N) is 2. The maximum absolute atomic E-state index is 13.7. The zero-order valence-corrected chi connectivity index (χ0v) is 24.9. The Morgan fingerprint density at radius 3 is 1.87 bits per heavy atom. The van der Waals surface area contributed by atoms with Crippen molar-refractivity contribution in [3.63, 3.8) is 0 Å². The lowest BCUT2D eigenvalue weighted by molar-refractivity contribution is -0.687. The molecule has 0 fully saturated rings. The lowest BCUT2D eigenvalue weighted by Gasteiger charge is -2.26. The van der Waals surface area contributed by atoms with Gasteiger partial charge in [-0.2, -0.15) is 0 Å². The van der Waals surface area contributed by atoms with Crippen molar-refractivity contribution in [3.05, 3.63) is 125 Å². The molecule has 5 heteroatoms. The number of rotatable bonds is 8. The molecule has 0 unspecified atom stereocenters. The van der Waals surface area contributed by atoms with E-state index >= 15 is 0 Å². The van der Waals surface area contributed by atoms with E-state index in [2.05, 4.69) is 106 Å². The van der Waals surface area contributed by atoms with E-state index in [1.54, 1.807) is 0 Å². The highest BCUT2D eigenvalue weighted by Gasteiger charge is 2.27. The van der Waals surface area contributed by atoms with E-state index in [1.807, 2.05) is 47.6 Å². The third-order valence-corrected chi connectivity index (χ3v) is 7.05. The van der Waals surface area contributed by atoms with Gasteiger partial charge >= 0.3 is 0 Å². The van der Waals surface area contributed by atoms with E-state index in [0.29, 0.717) is 13.0 Å². The molecule has 4 rings (SSSR count). The Labute approximate surface area is 240 Å². The molecule has 0 aliphatic rings. The summed E-state index contributed by atoms with van der Waals surface area (Å²) in [6.45, 7) is 14.7. The zero-order chi connectivity index (χ0) is 27.3. The average molecular weight is 544 g/mol. The highest BCUT2D eigenvalue weighted by atomic mass is 35.5. The van der Waals surface area contributed by atoms with E-state index < -0.39 is 0 Å². The van der Waals surface area contributed by atoms with Crippen molar-refractivity contribution in [2.75, 3.05) is 0 Å². The summed E-state index contributed by atoms with van der Waals surface area (Å²) in [6, 6.07) is 27.1. The van der Waals surface area contributed by atoms with Gasteiger partial charge in [0, 0.05) is 13.0 Å². The Morgan fingerprint density at radius 2 is 1.33 bits per heavy atom. The van der Waals surface area contributed by atoms with Gasteiger partial charge in [-0.1, -0.05) is 120 Å². The molecule has 3 aromatic carbocycles. The maximum atomic E-state index is 13.7. The fourth-order valence-electron chi connectivity index (χ4n) is 4.62. The Hall–Kier alpha value is -3.37. The number of carbonyl (C=O) groups is 1. The molecule has 0 aliphatic heterocycles. The van der Waals surface area contributed by atoms with Crippen molar-refractivity contribution in [2.24, 2.45) is 0 Å². The van der Waals surface area contributed by atoms with Gasteiger partial charge in [0.25, 0.3) is 5.91 Å². The summed E-state index contributed by atoms with van der Waals surface area (Å²) in [5, 5.41) is 3.27. The summed E-state index contributed by atoms with van der Waals surface area (Å²) >= 11 is 0. The number of benzene rings is 3. The summed E-state index contributed by atoms with van der Waals surface area (Å²) in [5.41, 5.74) is 6.17. The van der Waals surface area contributed by atoms with Crippen LogP contribution in [0.2, 0.25) is 0 Å². The smallest absolute Gasteiger partial charge is 0.266 e. The van der Waals surface area contributed by atoms with Crippen molar-refractivity contribution in [2.45, 2.75) is 77.9 Å². The minimum absolute atomic E-state index is 0. The molecule has 1 amide bonds. The van der Waals surface area contributed by atoms with Crippen molar-refractivity contribution in [1.82, 2.24) is 9.88 Å². The van der Waals surface area contributed by atoms with Crippen LogP contribution >= 0.6 is 0 Å². The van der Waals surface area contributed by atoms with Gasteiger partial charge in [0.15, 0.2) is 6.04 Å². The first-order chi connectivity index (χ1) is 18.0. The number of aromatic nitrogens is 2. The number of halogens is 1. The van der Waals surface area contributed by atoms with Crippen LogP contribution in [-0.2, 0) is 35.1 Å². The predicted octanol–water partition coefficient (Wildman–Crippen LogP) is 3.52. The number of carbonyl (C=O) groups excluding carboxylic acids is 1.